The molecule has 3 fully saturated rings. The van der Waals surface area contributed by atoms with Crippen molar-refractivity contribution in [2.75, 3.05) is 0 Å². The molecular weight excluding hydrogens is 248 g/mol. The van der Waals surface area contributed by atoms with Gasteiger partial charge < -0.3 is 0 Å². The second-order valence-corrected chi connectivity index (χ2v) is 9.06. The number of hydrogen-bond donors (Lipinski definition) is 0. The zero-order valence-electron chi connectivity index (χ0n) is 11.9. The van der Waals surface area contributed by atoms with Gasteiger partial charge in [0.1, 0.15) is 5.25 Å². The van der Waals surface area contributed by atoms with E-state index < -0.39 is 10.1 Å². The second-order valence-electron chi connectivity index (χ2n) is 7.41. The Kier molecular flexibility index (Phi) is 2.38. The number of rotatable bonds is 2. The number of fused-ring (bicyclic) bond motifs is 1. The highest BCUT2D eigenvalue weighted by molar-refractivity contribution is 7.87. The summed E-state index contributed by atoms with van der Waals surface area (Å²) >= 11 is 0. The summed E-state index contributed by atoms with van der Waals surface area (Å²) in [7, 11) is -3.39. The van der Waals surface area contributed by atoms with Crippen molar-refractivity contribution >= 4 is 10.1 Å². The summed E-state index contributed by atoms with van der Waals surface area (Å²) in [5.41, 5.74) is -0.237. The van der Waals surface area contributed by atoms with E-state index in [1.54, 1.807) is 0 Å². The van der Waals surface area contributed by atoms with Crippen LogP contribution in [-0.2, 0) is 14.3 Å². The molecule has 1 heterocycles. The molecule has 0 aromatic rings. The lowest BCUT2D eigenvalue weighted by atomic mass is 9.57. The largest absolute Gasteiger partial charge is 0.271 e. The summed E-state index contributed by atoms with van der Waals surface area (Å²) in [6.45, 7) is 10.9. The zero-order chi connectivity index (χ0) is 13.5. The van der Waals surface area contributed by atoms with Gasteiger partial charge in [-0.1, -0.05) is 34.6 Å². The Morgan fingerprint density at radius 3 is 2.22 bits per heavy atom. The van der Waals surface area contributed by atoms with E-state index >= 15 is 0 Å². The third kappa shape index (κ3) is 1.13. The molecule has 1 saturated heterocycles. The molecule has 0 amide bonds. The van der Waals surface area contributed by atoms with Gasteiger partial charge in [-0.15, -0.1) is 0 Å². The molecule has 0 N–H and O–H groups in total. The van der Waals surface area contributed by atoms with Crippen LogP contribution >= 0.6 is 0 Å². The highest BCUT2D eigenvalue weighted by atomic mass is 32.2. The van der Waals surface area contributed by atoms with Gasteiger partial charge in [0.05, 0.1) is 6.10 Å². The first-order chi connectivity index (χ1) is 8.17. The third-order valence-corrected chi connectivity index (χ3v) is 8.24. The standard InChI is InChI=1S/C14H24O3S/c1-8(2)14(9(3)4)10-6-11-13(5,7-10)12(14)18(15,16)17-11/h8-12H,6-7H2,1-5H3. The summed E-state index contributed by atoms with van der Waals surface area (Å²) in [5, 5.41) is -0.291. The van der Waals surface area contributed by atoms with E-state index in [0.29, 0.717) is 17.8 Å². The van der Waals surface area contributed by atoms with Crippen LogP contribution in [0.4, 0.5) is 0 Å². The maximum atomic E-state index is 12.5. The van der Waals surface area contributed by atoms with E-state index in [1.807, 2.05) is 0 Å². The first-order valence-electron chi connectivity index (χ1n) is 7.09. The van der Waals surface area contributed by atoms with Crippen LogP contribution < -0.4 is 0 Å². The fourth-order valence-electron chi connectivity index (χ4n) is 5.88. The van der Waals surface area contributed by atoms with Crippen molar-refractivity contribution in [2.24, 2.45) is 28.6 Å². The Morgan fingerprint density at radius 2 is 1.72 bits per heavy atom. The molecule has 0 radical (unpaired) electrons. The van der Waals surface area contributed by atoms with Crippen LogP contribution in [0, 0.1) is 28.6 Å². The molecule has 0 aromatic heterocycles. The summed E-state index contributed by atoms with van der Waals surface area (Å²) in [6.07, 6.45) is 1.91. The minimum Gasteiger partial charge on any atom is -0.266 e. The fourth-order valence-corrected chi connectivity index (χ4v) is 8.75. The molecule has 1 aliphatic heterocycles. The molecule has 3 nitrogen and oxygen atoms in total. The normalized spacial score (nSPS) is 47.4. The van der Waals surface area contributed by atoms with Gasteiger partial charge in [0.25, 0.3) is 10.1 Å². The highest BCUT2D eigenvalue weighted by Crippen LogP contribution is 2.73. The van der Waals surface area contributed by atoms with E-state index in [9.17, 15) is 8.42 Å². The van der Waals surface area contributed by atoms with Crippen molar-refractivity contribution in [3.8, 4) is 0 Å². The average molecular weight is 272 g/mol. The van der Waals surface area contributed by atoms with Crippen LogP contribution in [0.2, 0.25) is 0 Å². The molecule has 18 heavy (non-hydrogen) atoms. The van der Waals surface area contributed by atoms with Crippen molar-refractivity contribution in [1.82, 2.24) is 0 Å². The number of hydrogen-bond acceptors (Lipinski definition) is 3. The third-order valence-electron chi connectivity index (χ3n) is 6.22. The highest BCUT2D eigenvalue weighted by Gasteiger charge is 2.77. The predicted octanol–water partition coefficient (Wildman–Crippen LogP) is 2.81. The lowest BCUT2D eigenvalue weighted by Gasteiger charge is -2.48. The monoisotopic (exact) mass is 272 g/mol. The average Bonchev–Trinajstić information content (AvgIpc) is 2.66. The van der Waals surface area contributed by atoms with Gasteiger partial charge in [0, 0.05) is 5.41 Å². The zero-order valence-corrected chi connectivity index (χ0v) is 12.8. The quantitative estimate of drug-likeness (QED) is 0.726. The molecule has 2 aliphatic carbocycles. The van der Waals surface area contributed by atoms with Gasteiger partial charge >= 0.3 is 0 Å². The van der Waals surface area contributed by atoms with Crippen LogP contribution in [-0.4, -0.2) is 19.8 Å². The van der Waals surface area contributed by atoms with E-state index in [0.717, 1.165) is 12.8 Å². The lowest BCUT2D eigenvalue weighted by Crippen LogP contribution is -2.53. The molecular formula is C14H24O3S. The van der Waals surface area contributed by atoms with Crippen LogP contribution in [0.3, 0.4) is 0 Å². The smallest absolute Gasteiger partial charge is 0.266 e. The summed E-state index contributed by atoms with van der Waals surface area (Å²) in [5.74, 6) is 1.27. The summed E-state index contributed by atoms with van der Waals surface area (Å²) in [6, 6.07) is 0. The second kappa shape index (κ2) is 3.32. The van der Waals surface area contributed by atoms with E-state index in [1.165, 1.54) is 0 Å². The van der Waals surface area contributed by atoms with E-state index in [-0.39, 0.29) is 22.2 Å². The maximum Gasteiger partial charge on any atom is 0.271 e. The summed E-state index contributed by atoms with van der Waals surface area (Å²) < 4.78 is 30.4. The van der Waals surface area contributed by atoms with Gasteiger partial charge in [-0.3, -0.25) is 4.18 Å². The first-order valence-corrected chi connectivity index (χ1v) is 8.56. The van der Waals surface area contributed by atoms with Gasteiger partial charge in [-0.25, -0.2) is 0 Å². The van der Waals surface area contributed by atoms with Crippen LogP contribution in [0.15, 0.2) is 0 Å². The molecule has 4 atom stereocenters. The van der Waals surface area contributed by atoms with E-state index in [2.05, 4.69) is 34.6 Å². The van der Waals surface area contributed by atoms with Gasteiger partial charge in [0.2, 0.25) is 0 Å². The van der Waals surface area contributed by atoms with Gasteiger partial charge in [-0.05, 0) is 36.0 Å². The molecule has 2 bridgehead atoms. The molecule has 104 valence electrons. The van der Waals surface area contributed by atoms with E-state index in [4.69, 9.17) is 4.18 Å². The SMILES string of the molecule is CC(C)C1(C(C)C)C2CC3OS(=O)(=O)C1C3(C)C2. The predicted molar refractivity (Wildman–Crippen MR) is 70.5 cm³/mol. The van der Waals surface area contributed by atoms with Crippen molar-refractivity contribution < 1.29 is 12.6 Å². The molecule has 4 unspecified atom stereocenters. The van der Waals surface area contributed by atoms with Gasteiger partial charge in [0.15, 0.2) is 0 Å². The fraction of sp³-hybridized carbons (Fsp3) is 1.00. The Labute approximate surface area is 110 Å². The first kappa shape index (κ1) is 12.9. The van der Waals surface area contributed by atoms with Crippen molar-refractivity contribution in [2.45, 2.75) is 58.8 Å². The Bertz CT molecular complexity index is 471. The molecule has 0 aromatic carbocycles. The van der Waals surface area contributed by atoms with Crippen molar-refractivity contribution in [3.05, 3.63) is 0 Å². The maximum absolute atomic E-state index is 12.5. The molecule has 3 rings (SSSR count). The lowest BCUT2D eigenvalue weighted by molar-refractivity contribution is 0.00977. The Morgan fingerprint density at radius 1 is 1.17 bits per heavy atom. The molecule has 4 heteroatoms. The molecule has 2 saturated carbocycles. The van der Waals surface area contributed by atoms with Crippen LogP contribution in [0.1, 0.15) is 47.5 Å². The van der Waals surface area contributed by atoms with Gasteiger partial charge in [-0.2, -0.15) is 8.42 Å². The van der Waals surface area contributed by atoms with Crippen molar-refractivity contribution in [3.63, 3.8) is 0 Å². The van der Waals surface area contributed by atoms with Crippen LogP contribution in [0.25, 0.3) is 0 Å². The minimum absolute atomic E-state index is 0.0527. The summed E-state index contributed by atoms with van der Waals surface area (Å²) in [4.78, 5) is 0. The molecule has 3 aliphatic rings. The molecule has 0 spiro atoms. The minimum atomic E-state index is -3.39. The van der Waals surface area contributed by atoms with Crippen LogP contribution in [0.5, 0.6) is 0 Å². The van der Waals surface area contributed by atoms with Crippen molar-refractivity contribution in [1.29, 1.82) is 0 Å². The Hall–Kier alpha value is -0.0900. The topological polar surface area (TPSA) is 43.4 Å². The Balaban J connectivity index is 2.25.